The Bertz CT molecular complexity index is 865. The molecule has 8 heteroatoms. The van der Waals surface area contributed by atoms with Gasteiger partial charge in [-0.1, -0.05) is 12.1 Å². The topological polar surface area (TPSA) is 97.0 Å². The Kier molecular flexibility index (Phi) is 8.37. The van der Waals surface area contributed by atoms with Crippen LogP contribution in [0.3, 0.4) is 0 Å². The van der Waals surface area contributed by atoms with Crippen molar-refractivity contribution in [2.45, 2.75) is 19.5 Å². The number of likely N-dealkylation sites (N-methyl/N-ethyl adjacent to an activating group) is 1. The van der Waals surface area contributed by atoms with Crippen LogP contribution in [0.1, 0.15) is 22.8 Å². The molecule has 0 aliphatic carbocycles. The Morgan fingerprint density at radius 2 is 1.63 bits per heavy atom. The number of ether oxygens (including phenoxy) is 2. The number of methoxy groups -OCH3 is 2. The van der Waals surface area contributed by atoms with Gasteiger partial charge in [0.25, 0.3) is 0 Å². The number of hydrogen-bond donors (Lipinski definition) is 2. The van der Waals surface area contributed by atoms with Crippen LogP contribution in [-0.2, 0) is 20.9 Å². The maximum absolute atomic E-state index is 12.4. The third kappa shape index (κ3) is 6.59. The summed E-state index contributed by atoms with van der Waals surface area (Å²) >= 11 is 0. The number of benzene rings is 2. The van der Waals surface area contributed by atoms with Crippen molar-refractivity contribution in [2.75, 3.05) is 33.1 Å². The molecule has 30 heavy (non-hydrogen) atoms. The van der Waals surface area contributed by atoms with Gasteiger partial charge in [-0.15, -0.1) is 0 Å². The van der Waals surface area contributed by atoms with Crippen molar-refractivity contribution in [3.63, 3.8) is 0 Å². The molecule has 8 nitrogen and oxygen atoms in total. The molecule has 1 unspecified atom stereocenters. The van der Waals surface area contributed by atoms with Crippen LogP contribution in [0.2, 0.25) is 0 Å². The molecular weight excluding hydrogens is 386 g/mol. The lowest BCUT2D eigenvalue weighted by Crippen LogP contribution is -2.45. The first-order valence-corrected chi connectivity index (χ1v) is 9.43. The number of rotatable bonds is 9. The van der Waals surface area contributed by atoms with Gasteiger partial charge in [0, 0.05) is 12.2 Å². The summed E-state index contributed by atoms with van der Waals surface area (Å²) in [6.07, 6.45) is 0. The number of esters is 1. The van der Waals surface area contributed by atoms with Crippen molar-refractivity contribution in [3.8, 4) is 5.75 Å². The van der Waals surface area contributed by atoms with Crippen LogP contribution < -0.4 is 15.4 Å². The van der Waals surface area contributed by atoms with E-state index in [4.69, 9.17) is 4.74 Å². The molecule has 160 valence electrons. The molecule has 0 spiro atoms. The minimum absolute atomic E-state index is 0.0639. The summed E-state index contributed by atoms with van der Waals surface area (Å²) in [7, 11) is 4.61. The van der Waals surface area contributed by atoms with E-state index in [1.807, 2.05) is 0 Å². The van der Waals surface area contributed by atoms with E-state index >= 15 is 0 Å². The molecule has 2 N–H and O–H groups in total. The van der Waals surface area contributed by atoms with Gasteiger partial charge in [0.1, 0.15) is 5.75 Å². The van der Waals surface area contributed by atoms with Gasteiger partial charge in [-0.25, -0.2) is 4.79 Å². The molecule has 2 aromatic rings. The monoisotopic (exact) mass is 413 g/mol. The molecule has 0 aromatic heterocycles. The second-order valence-corrected chi connectivity index (χ2v) is 6.77. The van der Waals surface area contributed by atoms with Gasteiger partial charge in [0.05, 0.1) is 32.4 Å². The summed E-state index contributed by atoms with van der Waals surface area (Å²) in [6, 6.07) is 13.3. The Labute approximate surface area is 176 Å². The van der Waals surface area contributed by atoms with E-state index in [9.17, 15) is 14.4 Å². The van der Waals surface area contributed by atoms with Gasteiger partial charge in [-0.3, -0.25) is 14.5 Å². The van der Waals surface area contributed by atoms with Gasteiger partial charge < -0.3 is 20.1 Å². The van der Waals surface area contributed by atoms with Gasteiger partial charge in [0.2, 0.25) is 11.8 Å². The predicted octanol–water partition coefficient (Wildman–Crippen LogP) is 2.06. The van der Waals surface area contributed by atoms with E-state index in [0.29, 0.717) is 23.5 Å². The van der Waals surface area contributed by atoms with Crippen molar-refractivity contribution >= 4 is 23.5 Å². The lowest BCUT2D eigenvalue weighted by molar-refractivity contribution is -0.126. The number of amides is 2. The van der Waals surface area contributed by atoms with Crippen molar-refractivity contribution in [1.29, 1.82) is 0 Å². The molecule has 0 aliphatic heterocycles. The van der Waals surface area contributed by atoms with Crippen molar-refractivity contribution in [2.24, 2.45) is 0 Å². The molecule has 0 radical (unpaired) electrons. The molecule has 1 atom stereocenters. The summed E-state index contributed by atoms with van der Waals surface area (Å²) in [4.78, 5) is 37.8. The smallest absolute Gasteiger partial charge is 0.337 e. The number of carbonyl (C=O) groups excluding carboxylic acids is 3. The Hall–Kier alpha value is -3.39. The van der Waals surface area contributed by atoms with Crippen LogP contribution in [0.15, 0.2) is 48.5 Å². The summed E-state index contributed by atoms with van der Waals surface area (Å²) in [6.45, 7) is 2.11. The first-order valence-electron chi connectivity index (χ1n) is 9.43. The van der Waals surface area contributed by atoms with Gasteiger partial charge in [-0.05, 0) is 55.9 Å². The second-order valence-electron chi connectivity index (χ2n) is 6.77. The SMILES string of the molecule is COC(=O)c1ccc(CNC(=O)C(C)N(C)CC(=O)Nc2ccc(OC)cc2)cc1. The fourth-order valence-corrected chi connectivity index (χ4v) is 2.65. The molecule has 0 fully saturated rings. The number of anilines is 1. The Balaban J connectivity index is 1.81. The number of carbonyl (C=O) groups is 3. The molecule has 2 aromatic carbocycles. The maximum atomic E-state index is 12.4. The molecule has 0 aliphatic rings. The van der Waals surface area contributed by atoms with Crippen molar-refractivity contribution in [1.82, 2.24) is 10.2 Å². The van der Waals surface area contributed by atoms with E-state index in [0.717, 1.165) is 5.56 Å². The van der Waals surface area contributed by atoms with E-state index in [1.54, 1.807) is 74.5 Å². The number of hydrogen-bond acceptors (Lipinski definition) is 6. The van der Waals surface area contributed by atoms with E-state index < -0.39 is 12.0 Å². The minimum atomic E-state index is -0.499. The summed E-state index contributed by atoms with van der Waals surface area (Å²) in [5.74, 6) is -0.128. The number of nitrogens with zero attached hydrogens (tertiary/aromatic N) is 1. The van der Waals surface area contributed by atoms with Crippen molar-refractivity contribution < 1.29 is 23.9 Å². The standard InChI is InChI=1S/C22H27N3O5/c1-15(21(27)23-13-16-5-7-17(8-6-16)22(28)30-4)25(2)14-20(26)24-18-9-11-19(29-3)12-10-18/h5-12,15H,13-14H2,1-4H3,(H,23,27)(H,24,26). The zero-order chi connectivity index (χ0) is 22.1. The van der Waals surface area contributed by atoms with E-state index in [2.05, 4.69) is 15.4 Å². The first-order chi connectivity index (χ1) is 14.3. The van der Waals surface area contributed by atoms with E-state index in [-0.39, 0.29) is 18.4 Å². The normalized spacial score (nSPS) is 11.5. The van der Waals surface area contributed by atoms with Gasteiger partial charge in [-0.2, -0.15) is 0 Å². The van der Waals surface area contributed by atoms with Crippen LogP contribution in [-0.4, -0.2) is 56.5 Å². The zero-order valence-corrected chi connectivity index (χ0v) is 17.6. The third-order valence-corrected chi connectivity index (χ3v) is 4.65. The summed E-state index contributed by atoms with van der Waals surface area (Å²) in [5.41, 5.74) is 1.95. The highest BCUT2D eigenvalue weighted by atomic mass is 16.5. The van der Waals surface area contributed by atoms with Crippen LogP contribution in [0.25, 0.3) is 0 Å². The van der Waals surface area contributed by atoms with Crippen LogP contribution in [0, 0.1) is 0 Å². The maximum Gasteiger partial charge on any atom is 0.337 e. The lowest BCUT2D eigenvalue weighted by Gasteiger charge is -2.23. The van der Waals surface area contributed by atoms with Gasteiger partial charge in [0.15, 0.2) is 0 Å². The fourth-order valence-electron chi connectivity index (χ4n) is 2.65. The number of nitrogens with one attached hydrogen (secondary N) is 2. The average Bonchev–Trinajstić information content (AvgIpc) is 2.77. The molecular formula is C22H27N3O5. The van der Waals surface area contributed by atoms with Crippen molar-refractivity contribution in [3.05, 3.63) is 59.7 Å². The fraction of sp³-hybridized carbons (Fsp3) is 0.318. The third-order valence-electron chi connectivity index (χ3n) is 4.65. The summed E-state index contributed by atoms with van der Waals surface area (Å²) in [5, 5.41) is 5.62. The average molecular weight is 413 g/mol. The quantitative estimate of drug-likeness (QED) is 0.611. The molecule has 0 bridgehead atoms. The van der Waals surface area contributed by atoms with E-state index in [1.165, 1.54) is 7.11 Å². The highest BCUT2D eigenvalue weighted by molar-refractivity contribution is 5.93. The van der Waals surface area contributed by atoms with Gasteiger partial charge >= 0.3 is 5.97 Å². The highest BCUT2D eigenvalue weighted by Crippen LogP contribution is 2.15. The largest absolute Gasteiger partial charge is 0.497 e. The van der Waals surface area contributed by atoms with Crippen LogP contribution in [0.5, 0.6) is 5.75 Å². The second kappa shape index (κ2) is 11.0. The minimum Gasteiger partial charge on any atom is -0.497 e. The molecule has 0 saturated carbocycles. The molecule has 0 saturated heterocycles. The van der Waals surface area contributed by atoms with Crippen LogP contribution >= 0.6 is 0 Å². The van der Waals surface area contributed by atoms with Crippen LogP contribution in [0.4, 0.5) is 5.69 Å². The molecule has 2 rings (SSSR count). The first kappa shape index (κ1) is 22.9. The lowest BCUT2D eigenvalue weighted by atomic mass is 10.1. The molecule has 2 amide bonds. The predicted molar refractivity (Wildman–Crippen MR) is 113 cm³/mol. The molecule has 0 heterocycles. The highest BCUT2D eigenvalue weighted by Gasteiger charge is 2.20. The zero-order valence-electron chi connectivity index (χ0n) is 17.6. The summed E-state index contributed by atoms with van der Waals surface area (Å²) < 4.78 is 9.75. The Morgan fingerprint density at radius 1 is 1.00 bits per heavy atom. The Morgan fingerprint density at radius 3 is 2.20 bits per heavy atom.